The van der Waals surface area contributed by atoms with Gasteiger partial charge in [-0.3, -0.25) is 8.42 Å². The fourth-order valence-electron chi connectivity index (χ4n) is 0. The molecule has 0 spiro atoms. The molecule has 0 aliphatic carbocycles. The van der Waals surface area contributed by atoms with Crippen LogP contribution in [0.15, 0.2) is 0 Å². The predicted octanol–water partition coefficient (Wildman–Crippen LogP) is -0.164. The first kappa shape index (κ1) is 22.7. The van der Waals surface area contributed by atoms with Gasteiger partial charge in [-0.05, 0) is 0 Å². The van der Waals surface area contributed by atoms with E-state index in [1.807, 2.05) is 0 Å². The maximum absolute atomic E-state index is 9.67. The van der Waals surface area contributed by atoms with E-state index in [1.165, 1.54) is 0 Å². The molecule has 0 fully saturated rings. The van der Waals surface area contributed by atoms with Crippen molar-refractivity contribution < 1.29 is 75.5 Å². The number of hydrogen-bond acceptors (Lipinski definition) is 4. The monoisotopic (exact) mass is 380 g/mol. The molecule has 11 heavy (non-hydrogen) atoms. The van der Waals surface area contributed by atoms with Gasteiger partial charge in [-0.1, -0.05) is 0 Å². The first-order valence-corrected chi connectivity index (χ1v) is 2.65. The Morgan fingerprint density at radius 1 is 1.00 bits per heavy atom. The number of halogens is 3. The predicted molar refractivity (Wildman–Crippen MR) is 17.6 cm³/mol. The fourth-order valence-corrected chi connectivity index (χ4v) is 0. The number of hydrogen-bond donors (Lipinski definition) is 0. The maximum atomic E-state index is 9.67. The first-order chi connectivity index (χ1) is 3.73. The summed E-state index contributed by atoms with van der Waals surface area (Å²) in [4.78, 5) is 0. The third-order valence-corrected chi connectivity index (χ3v) is 0. The molecule has 0 aliphatic rings. The normalized spacial score (nSPS) is 8.55. The zero-order valence-corrected chi connectivity index (χ0v) is 8.14. The molecule has 0 radical (unpaired) electrons. The standard InChI is InChI=1S/CHF3.2Ag.H2O4S/c2-1(3)4;;;1-5(2,3)4/h1H;;;(H2,1,2,3,4)/q;2*+1;/p-2. The average molecular weight is 382 g/mol. The summed E-state index contributed by atoms with van der Waals surface area (Å²) < 4.78 is 63.1. The minimum absolute atomic E-state index is 0. The van der Waals surface area contributed by atoms with Crippen molar-refractivity contribution in [2.75, 3.05) is 0 Å². The van der Waals surface area contributed by atoms with Gasteiger partial charge >= 0.3 is 51.4 Å². The summed E-state index contributed by atoms with van der Waals surface area (Å²) in [6.45, 7) is -3.67. The second-order valence-electron chi connectivity index (χ2n) is 0.656. The van der Waals surface area contributed by atoms with Crippen LogP contribution < -0.4 is 0 Å². The van der Waals surface area contributed by atoms with E-state index in [0.717, 1.165) is 0 Å². The Kier molecular flexibility index (Phi) is 23.0. The molecule has 0 aromatic heterocycles. The Balaban J connectivity index is -0.0000000383. The second kappa shape index (κ2) is 11.1. The second-order valence-corrected chi connectivity index (χ2v) is 1.47. The molecule has 10 heteroatoms. The molecule has 0 bridgehead atoms. The van der Waals surface area contributed by atoms with Crippen LogP contribution in [0.1, 0.15) is 0 Å². The van der Waals surface area contributed by atoms with Crippen molar-refractivity contribution in [3.8, 4) is 0 Å². The van der Waals surface area contributed by atoms with E-state index in [4.69, 9.17) is 17.5 Å². The summed E-state index contributed by atoms with van der Waals surface area (Å²) in [5.41, 5.74) is 0. The zero-order valence-electron chi connectivity index (χ0n) is 4.36. The molecule has 0 aliphatic heterocycles. The van der Waals surface area contributed by atoms with Crippen molar-refractivity contribution in [1.29, 1.82) is 0 Å². The van der Waals surface area contributed by atoms with Gasteiger partial charge in [0.2, 0.25) is 0 Å². The summed E-state index contributed by atoms with van der Waals surface area (Å²) in [5, 5.41) is 0. The van der Waals surface area contributed by atoms with Gasteiger partial charge in [0.25, 0.3) is 0 Å². The van der Waals surface area contributed by atoms with Crippen molar-refractivity contribution >= 4 is 10.4 Å². The summed E-state index contributed by atoms with van der Waals surface area (Å²) in [6.07, 6.45) is 0. The molecular weight excluding hydrogens is 381 g/mol. The summed E-state index contributed by atoms with van der Waals surface area (Å²) >= 11 is 0. The van der Waals surface area contributed by atoms with Crippen LogP contribution >= 0.6 is 0 Å². The van der Waals surface area contributed by atoms with E-state index in [1.54, 1.807) is 0 Å². The summed E-state index contributed by atoms with van der Waals surface area (Å²) in [6, 6.07) is 0. The van der Waals surface area contributed by atoms with Crippen molar-refractivity contribution in [1.82, 2.24) is 0 Å². The average Bonchev–Trinajstić information content (AvgIpc) is 1.19. The van der Waals surface area contributed by atoms with Crippen LogP contribution in [0.4, 0.5) is 13.2 Å². The Hall–Kier alpha value is 1.14. The summed E-state index contributed by atoms with van der Waals surface area (Å²) in [5.74, 6) is 0. The van der Waals surface area contributed by atoms with Crippen LogP contribution in [0.5, 0.6) is 0 Å². The van der Waals surface area contributed by atoms with E-state index < -0.39 is 17.1 Å². The van der Waals surface area contributed by atoms with Gasteiger partial charge in [0.1, 0.15) is 0 Å². The van der Waals surface area contributed by atoms with E-state index in [0.29, 0.717) is 0 Å². The van der Waals surface area contributed by atoms with Gasteiger partial charge in [-0.25, -0.2) is 0 Å². The van der Waals surface area contributed by atoms with Crippen LogP contribution in [0, 0.1) is 0 Å². The first-order valence-electron chi connectivity index (χ1n) is 1.32. The number of alkyl halides is 3. The van der Waals surface area contributed by atoms with Gasteiger partial charge < -0.3 is 9.11 Å². The van der Waals surface area contributed by atoms with E-state index in [9.17, 15) is 13.2 Å². The molecule has 0 rings (SSSR count). The molecule has 78 valence electrons. The van der Waals surface area contributed by atoms with Gasteiger partial charge in [0.15, 0.2) is 0 Å². The molecule has 0 atom stereocenters. The van der Waals surface area contributed by atoms with Gasteiger partial charge in [0, 0.05) is 10.4 Å². The number of rotatable bonds is 0. The van der Waals surface area contributed by atoms with Crippen molar-refractivity contribution in [3.63, 3.8) is 0 Å². The van der Waals surface area contributed by atoms with Crippen LogP contribution in [0.3, 0.4) is 0 Å². The van der Waals surface area contributed by atoms with Gasteiger partial charge in [-0.15, -0.1) is 0 Å². The molecule has 0 heterocycles. The zero-order chi connectivity index (χ0) is 8.08. The van der Waals surface area contributed by atoms with E-state index in [2.05, 4.69) is 0 Å². The Morgan fingerprint density at radius 3 is 1.00 bits per heavy atom. The molecule has 0 unspecified atom stereocenters. The fraction of sp³-hybridized carbons (Fsp3) is 1.00. The SMILES string of the molecule is FC(F)F.O=S(=O)([O-])[O-].[Ag+].[Ag+]. The molecule has 4 nitrogen and oxygen atoms in total. The topological polar surface area (TPSA) is 80.3 Å². The van der Waals surface area contributed by atoms with Gasteiger partial charge in [0.05, 0.1) is 0 Å². The van der Waals surface area contributed by atoms with Crippen molar-refractivity contribution in [2.45, 2.75) is 6.68 Å². The van der Waals surface area contributed by atoms with Crippen LogP contribution in [-0.2, 0) is 55.2 Å². The van der Waals surface area contributed by atoms with Crippen LogP contribution in [0.25, 0.3) is 0 Å². The van der Waals surface area contributed by atoms with E-state index in [-0.39, 0.29) is 44.8 Å². The Bertz CT molecular complexity index is 135. The van der Waals surface area contributed by atoms with Crippen molar-refractivity contribution in [2.24, 2.45) is 0 Å². The molecule has 0 aromatic carbocycles. The third kappa shape index (κ3) is 716. The third-order valence-electron chi connectivity index (χ3n) is 0. The quantitative estimate of drug-likeness (QED) is 0.331. The van der Waals surface area contributed by atoms with E-state index >= 15 is 0 Å². The Morgan fingerprint density at radius 2 is 1.00 bits per heavy atom. The largest absolute Gasteiger partial charge is 1.00 e. The molecular formula is CHAg2F3O4S. The minimum atomic E-state index is -5.17. The molecule has 0 aromatic rings. The molecule has 0 amide bonds. The van der Waals surface area contributed by atoms with Crippen LogP contribution in [0.2, 0.25) is 0 Å². The molecule has 0 saturated carbocycles. The summed E-state index contributed by atoms with van der Waals surface area (Å²) in [7, 11) is -5.17. The maximum Gasteiger partial charge on any atom is 1.00 e. The Labute approximate surface area is 92.1 Å². The smallest absolute Gasteiger partial charge is 0.759 e. The minimum Gasteiger partial charge on any atom is -0.759 e. The van der Waals surface area contributed by atoms with Gasteiger partial charge in [-0.2, -0.15) is 13.2 Å². The molecule has 0 saturated heterocycles. The molecule has 0 N–H and O–H groups in total. The van der Waals surface area contributed by atoms with Crippen molar-refractivity contribution in [3.05, 3.63) is 0 Å². The van der Waals surface area contributed by atoms with Crippen LogP contribution in [-0.4, -0.2) is 24.2 Å².